The van der Waals surface area contributed by atoms with Crippen molar-refractivity contribution in [3.63, 3.8) is 0 Å². The van der Waals surface area contributed by atoms with E-state index in [-0.39, 0.29) is 0 Å². The molecule has 2 aromatic heterocycles. The zero-order chi connectivity index (χ0) is 7.84. The monoisotopic (exact) mass is 148 g/mol. The van der Waals surface area contributed by atoms with E-state index in [9.17, 15) is 0 Å². The van der Waals surface area contributed by atoms with Gasteiger partial charge in [-0.25, -0.2) is 0 Å². The van der Waals surface area contributed by atoms with Crippen LogP contribution >= 0.6 is 0 Å². The number of aromatic nitrogens is 4. The lowest BCUT2D eigenvalue weighted by Crippen LogP contribution is -1.91. The van der Waals surface area contributed by atoms with E-state index in [1.54, 1.807) is 6.20 Å². The molecule has 4 heteroatoms. The van der Waals surface area contributed by atoms with Gasteiger partial charge >= 0.3 is 0 Å². The van der Waals surface area contributed by atoms with Gasteiger partial charge in [0.2, 0.25) is 0 Å². The second-order valence-electron chi connectivity index (χ2n) is 2.59. The lowest BCUT2D eigenvalue weighted by molar-refractivity contribution is 0.851. The van der Waals surface area contributed by atoms with E-state index in [2.05, 4.69) is 15.4 Å². The molecule has 0 unspecified atom stereocenters. The van der Waals surface area contributed by atoms with Gasteiger partial charge < -0.3 is 4.57 Å². The number of nitrogens with zero attached hydrogens (tertiary/aromatic N) is 4. The Bertz CT molecular complexity index is 354. The molecule has 0 saturated heterocycles. The molecule has 0 aliphatic heterocycles. The van der Waals surface area contributed by atoms with Gasteiger partial charge in [-0.15, -0.1) is 10.2 Å². The molecular formula is C7H8N4. The fraction of sp³-hybridized carbons (Fsp3) is 0.286. The van der Waals surface area contributed by atoms with Crippen molar-refractivity contribution in [3.05, 3.63) is 18.0 Å². The predicted octanol–water partition coefficient (Wildman–Crippen LogP) is 0.672. The molecule has 0 aliphatic rings. The molecule has 0 saturated carbocycles. The summed E-state index contributed by atoms with van der Waals surface area (Å²) in [7, 11) is 1.95. The number of hydrogen-bond donors (Lipinski definition) is 0. The maximum absolute atomic E-state index is 3.90. The third-order valence-electron chi connectivity index (χ3n) is 1.77. The zero-order valence-electron chi connectivity index (χ0n) is 6.44. The molecule has 56 valence electrons. The van der Waals surface area contributed by atoms with Crippen LogP contribution in [0.2, 0.25) is 0 Å². The third-order valence-corrected chi connectivity index (χ3v) is 1.77. The zero-order valence-corrected chi connectivity index (χ0v) is 6.44. The summed E-state index contributed by atoms with van der Waals surface area (Å²) in [5, 5.41) is 12.3. The SMILES string of the molecule is Cc1cn(C)c2nnncc12. The third kappa shape index (κ3) is 0.790. The van der Waals surface area contributed by atoms with Gasteiger partial charge in [0.1, 0.15) is 0 Å². The molecule has 0 spiro atoms. The van der Waals surface area contributed by atoms with Gasteiger partial charge in [-0.3, -0.25) is 0 Å². The number of fused-ring (bicyclic) bond motifs is 1. The summed E-state index contributed by atoms with van der Waals surface area (Å²) >= 11 is 0. The molecule has 0 radical (unpaired) electrons. The molecule has 2 rings (SSSR count). The molecule has 0 aromatic carbocycles. The summed E-state index contributed by atoms with van der Waals surface area (Å²) in [6.45, 7) is 2.03. The number of hydrogen-bond acceptors (Lipinski definition) is 3. The van der Waals surface area contributed by atoms with Crippen molar-refractivity contribution in [3.8, 4) is 0 Å². The molecule has 4 nitrogen and oxygen atoms in total. The first kappa shape index (κ1) is 6.27. The maximum atomic E-state index is 3.90. The van der Waals surface area contributed by atoms with E-state index in [0.717, 1.165) is 11.0 Å². The normalized spacial score (nSPS) is 10.7. The van der Waals surface area contributed by atoms with Crippen molar-refractivity contribution >= 4 is 11.0 Å². The van der Waals surface area contributed by atoms with E-state index in [4.69, 9.17) is 0 Å². The van der Waals surface area contributed by atoms with Crippen LogP contribution in [0.15, 0.2) is 12.4 Å². The highest BCUT2D eigenvalue weighted by molar-refractivity contribution is 5.78. The number of aryl methyl sites for hydroxylation is 2. The largest absolute Gasteiger partial charge is 0.334 e. The predicted molar refractivity (Wildman–Crippen MR) is 41.0 cm³/mol. The molecule has 0 atom stereocenters. The molecular weight excluding hydrogens is 140 g/mol. The van der Waals surface area contributed by atoms with Crippen LogP contribution in [0.3, 0.4) is 0 Å². The van der Waals surface area contributed by atoms with Crippen molar-refractivity contribution in [2.24, 2.45) is 7.05 Å². The highest BCUT2D eigenvalue weighted by Crippen LogP contribution is 2.14. The first-order valence-corrected chi connectivity index (χ1v) is 3.39. The minimum absolute atomic E-state index is 0.887. The van der Waals surface area contributed by atoms with Crippen molar-refractivity contribution in [1.82, 2.24) is 20.0 Å². The van der Waals surface area contributed by atoms with Gasteiger partial charge in [0, 0.05) is 18.6 Å². The molecule has 2 aromatic rings. The molecule has 0 N–H and O–H groups in total. The van der Waals surface area contributed by atoms with Crippen molar-refractivity contribution in [1.29, 1.82) is 0 Å². The first-order chi connectivity index (χ1) is 5.29. The van der Waals surface area contributed by atoms with E-state index < -0.39 is 0 Å². The lowest BCUT2D eigenvalue weighted by Gasteiger charge is -1.89. The van der Waals surface area contributed by atoms with E-state index in [0.29, 0.717) is 0 Å². The smallest absolute Gasteiger partial charge is 0.166 e. The first-order valence-electron chi connectivity index (χ1n) is 3.39. The summed E-state index contributed by atoms with van der Waals surface area (Å²) in [6.07, 6.45) is 3.75. The van der Waals surface area contributed by atoms with Crippen LogP contribution in [0.5, 0.6) is 0 Å². The summed E-state index contributed by atoms with van der Waals surface area (Å²) in [5.41, 5.74) is 2.07. The molecule has 0 bridgehead atoms. The quantitative estimate of drug-likeness (QED) is 0.551. The van der Waals surface area contributed by atoms with Crippen LogP contribution in [0, 0.1) is 6.92 Å². The van der Waals surface area contributed by atoms with Crippen molar-refractivity contribution < 1.29 is 0 Å². The fourth-order valence-corrected chi connectivity index (χ4v) is 1.22. The van der Waals surface area contributed by atoms with Crippen LogP contribution in [-0.4, -0.2) is 20.0 Å². The second kappa shape index (κ2) is 2.02. The Morgan fingerprint density at radius 2 is 2.27 bits per heavy atom. The Balaban J connectivity index is 2.95. The van der Waals surface area contributed by atoms with Crippen LogP contribution in [-0.2, 0) is 7.05 Å². The van der Waals surface area contributed by atoms with E-state index in [1.807, 2.05) is 24.7 Å². The Morgan fingerprint density at radius 1 is 1.45 bits per heavy atom. The molecule has 11 heavy (non-hydrogen) atoms. The Kier molecular flexibility index (Phi) is 1.15. The highest BCUT2D eigenvalue weighted by atomic mass is 15.3. The minimum atomic E-state index is 0.887. The lowest BCUT2D eigenvalue weighted by atomic mass is 10.3. The van der Waals surface area contributed by atoms with Gasteiger partial charge in [0.25, 0.3) is 0 Å². The van der Waals surface area contributed by atoms with Crippen LogP contribution < -0.4 is 0 Å². The molecule has 2 heterocycles. The Labute approximate surface area is 63.9 Å². The van der Waals surface area contributed by atoms with Crippen molar-refractivity contribution in [2.75, 3.05) is 0 Å². The van der Waals surface area contributed by atoms with Crippen LogP contribution in [0.1, 0.15) is 5.56 Å². The van der Waals surface area contributed by atoms with Crippen LogP contribution in [0.25, 0.3) is 11.0 Å². The summed E-state index contributed by atoms with van der Waals surface area (Å²) in [4.78, 5) is 0. The standard InChI is InChI=1S/C7H8N4/c1-5-4-11(2)7-6(5)3-8-10-9-7/h3-4H,1-2H3. The Morgan fingerprint density at radius 3 is 3.00 bits per heavy atom. The van der Waals surface area contributed by atoms with Gasteiger partial charge in [-0.1, -0.05) is 0 Å². The number of rotatable bonds is 0. The van der Waals surface area contributed by atoms with E-state index >= 15 is 0 Å². The van der Waals surface area contributed by atoms with Gasteiger partial charge in [-0.2, -0.15) is 0 Å². The highest BCUT2D eigenvalue weighted by Gasteiger charge is 2.02. The average Bonchev–Trinajstić information content (AvgIpc) is 2.30. The molecule has 0 aliphatic carbocycles. The summed E-state index contributed by atoms with van der Waals surface area (Å²) in [5.74, 6) is 0. The Hall–Kier alpha value is -1.45. The maximum Gasteiger partial charge on any atom is 0.166 e. The van der Waals surface area contributed by atoms with Crippen LogP contribution in [0.4, 0.5) is 0 Å². The fourth-order valence-electron chi connectivity index (χ4n) is 1.22. The summed E-state index contributed by atoms with van der Waals surface area (Å²) < 4.78 is 1.94. The molecule has 0 fully saturated rings. The minimum Gasteiger partial charge on any atom is -0.334 e. The van der Waals surface area contributed by atoms with Gasteiger partial charge in [0.05, 0.1) is 6.20 Å². The topological polar surface area (TPSA) is 43.6 Å². The van der Waals surface area contributed by atoms with Gasteiger partial charge in [0.15, 0.2) is 5.65 Å². The van der Waals surface area contributed by atoms with Crippen molar-refractivity contribution in [2.45, 2.75) is 6.92 Å². The van der Waals surface area contributed by atoms with E-state index in [1.165, 1.54) is 5.56 Å². The van der Waals surface area contributed by atoms with Gasteiger partial charge in [-0.05, 0) is 17.7 Å². The summed E-state index contributed by atoms with van der Waals surface area (Å²) in [6, 6.07) is 0. The second-order valence-corrected chi connectivity index (χ2v) is 2.59. The molecule has 0 amide bonds. The average molecular weight is 148 g/mol.